The van der Waals surface area contributed by atoms with Gasteiger partial charge < -0.3 is 14.8 Å². The molecule has 0 unspecified atom stereocenters. The highest BCUT2D eigenvalue weighted by Gasteiger charge is 2.21. The average molecular weight is 304 g/mol. The SMILES string of the molecule is CCOC(=O)/C(=C\Nc1ccccc1)C(=O)OCCN=[N+]=[N-]. The van der Waals surface area contributed by atoms with Crippen molar-refractivity contribution in [1.29, 1.82) is 0 Å². The lowest BCUT2D eigenvalue weighted by atomic mass is 10.3. The van der Waals surface area contributed by atoms with E-state index in [4.69, 9.17) is 15.0 Å². The van der Waals surface area contributed by atoms with E-state index in [0.29, 0.717) is 5.69 Å². The molecule has 0 saturated carbocycles. The van der Waals surface area contributed by atoms with Gasteiger partial charge in [-0.15, -0.1) is 0 Å². The molecular weight excluding hydrogens is 288 g/mol. The van der Waals surface area contributed by atoms with Gasteiger partial charge in [0.2, 0.25) is 0 Å². The molecular formula is C14H16N4O4. The molecule has 0 heterocycles. The molecule has 0 atom stereocenters. The van der Waals surface area contributed by atoms with Gasteiger partial charge in [-0.2, -0.15) is 0 Å². The van der Waals surface area contributed by atoms with Crippen molar-refractivity contribution in [2.75, 3.05) is 25.1 Å². The second kappa shape index (κ2) is 9.84. The Morgan fingerprint density at radius 2 is 1.95 bits per heavy atom. The predicted octanol–water partition coefficient (Wildman–Crippen LogP) is 2.40. The van der Waals surface area contributed by atoms with Gasteiger partial charge in [0.05, 0.1) is 19.8 Å². The van der Waals surface area contributed by atoms with Crippen LogP contribution in [0.15, 0.2) is 47.2 Å². The van der Waals surface area contributed by atoms with Gasteiger partial charge in [-0.3, -0.25) is 0 Å². The van der Waals surface area contributed by atoms with Crippen molar-refractivity contribution >= 4 is 17.6 Å². The van der Waals surface area contributed by atoms with Gasteiger partial charge in [-0.1, -0.05) is 23.3 Å². The summed E-state index contributed by atoms with van der Waals surface area (Å²) in [5.41, 5.74) is 8.56. The van der Waals surface area contributed by atoms with E-state index in [1.807, 2.05) is 6.07 Å². The normalized spacial score (nSPS) is 10.3. The van der Waals surface area contributed by atoms with Crippen LogP contribution in [0.3, 0.4) is 0 Å². The highest BCUT2D eigenvalue weighted by molar-refractivity contribution is 6.14. The zero-order valence-corrected chi connectivity index (χ0v) is 12.1. The Kier molecular flexibility index (Phi) is 7.63. The quantitative estimate of drug-likeness (QED) is 0.116. The number of azide groups is 1. The minimum atomic E-state index is -0.852. The summed E-state index contributed by atoms with van der Waals surface area (Å²) >= 11 is 0. The van der Waals surface area contributed by atoms with E-state index in [-0.39, 0.29) is 25.3 Å². The van der Waals surface area contributed by atoms with Crippen LogP contribution in [0.1, 0.15) is 6.92 Å². The smallest absolute Gasteiger partial charge is 0.347 e. The molecule has 0 aromatic heterocycles. The van der Waals surface area contributed by atoms with Crippen molar-refractivity contribution in [3.05, 3.63) is 52.5 Å². The topological polar surface area (TPSA) is 113 Å². The molecule has 1 aromatic carbocycles. The van der Waals surface area contributed by atoms with Crippen LogP contribution in [0.5, 0.6) is 0 Å². The van der Waals surface area contributed by atoms with Crippen molar-refractivity contribution in [3.8, 4) is 0 Å². The molecule has 0 bridgehead atoms. The van der Waals surface area contributed by atoms with Gasteiger partial charge in [-0.05, 0) is 24.6 Å². The molecule has 0 saturated heterocycles. The minimum absolute atomic E-state index is 0.00947. The molecule has 0 aliphatic heterocycles. The number of carbonyl (C=O) groups excluding carboxylic acids is 2. The number of hydrogen-bond donors (Lipinski definition) is 1. The third-order valence-electron chi connectivity index (χ3n) is 2.36. The Labute approximate surface area is 127 Å². The molecule has 1 rings (SSSR count). The standard InChI is InChI=1S/C14H16N4O4/c1-2-21-13(19)12(14(20)22-9-8-17-18-15)10-16-11-6-4-3-5-7-11/h3-7,10,16H,2,8-9H2,1H3/b12-10+. The van der Waals surface area contributed by atoms with Crippen LogP contribution in [-0.4, -0.2) is 31.7 Å². The molecule has 0 aliphatic rings. The van der Waals surface area contributed by atoms with Crippen LogP contribution in [0.4, 0.5) is 5.69 Å². The third kappa shape index (κ3) is 5.98. The lowest BCUT2D eigenvalue weighted by molar-refractivity contribution is -0.146. The summed E-state index contributed by atoms with van der Waals surface area (Å²) in [6.07, 6.45) is 1.23. The molecule has 0 radical (unpaired) electrons. The Morgan fingerprint density at radius 3 is 2.59 bits per heavy atom. The Bertz CT molecular complexity index is 580. The van der Waals surface area contributed by atoms with Crippen molar-refractivity contribution in [2.24, 2.45) is 5.11 Å². The largest absolute Gasteiger partial charge is 0.462 e. The average Bonchev–Trinajstić information content (AvgIpc) is 2.53. The fourth-order valence-corrected chi connectivity index (χ4v) is 1.40. The van der Waals surface area contributed by atoms with E-state index >= 15 is 0 Å². The lowest BCUT2D eigenvalue weighted by Gasteiger charge is -2.08. The molecule has 0 fully saturated rings. The molecule has 0 amide bonds. The summed E-state index contributed by atoms with van der Waals surface area (Å²) in [6.45, 7) is 1.63. The molecule has 8 nitrogen and oxygen atoms in total. The monoisotopic (exact) mass is 304 g/mol. The first-order valence-corrected chi connectivity index (χ1v) is 6.56. The Hall–Kier alpha value is -2.99. The van der Waals surface area contributed by atoms with Gasteiger partial charge in [0, 0.05) is 16.8 Å². The van der Waals surface area contributed by atoms with E-state index in [1.165, 1.54) is 6.20 Å². The van der Waals surface area contributed by atoms with Crippen molar-refractivity contribution < 1.29 is 19.1 Å². The maximum atomic E-state index is 11.9. The maximum absolute atomic E-state index is 11.9. The number of rotatable bonds is 8. The van der Waals surface area contributed by atoms with Gasteiger partial charge in [0.1, 0.15) is 0 Å². The van der Waals surface area contributed by atoms with Crippen LogP contribution in [-0.2, 0) is 19.1 Å². The van der Waals surface area contributed by atoms with Crippen LogP contribution >= 0.6 is 0 Å². The number of anilines is 1. The van der Waals surface area contributed by atoms with E-state index in [1.54, 1.807) is 31.2 Å². The molecule has 1 N–H and O–H groups in total. The van der Waals surface area contributed by atoms with Crippen LogP contribution < -0.4 is 5.32 Å². The van der Waals surface area contributed by atoms with E-state index in [0.717, 1.165) is 0 Å². The number of carbonyl (C=O) groups is 2. The number of nitrogens with one attached hydrogen (secondary N) is 1. The number of nitrogens with zero attached hydrogens (tertiary/aromatic N) is 3. The first-order chi connectivity index (χ1) is 10.7. The molecule has 1 aromatic rings. The Balaban J connectivity index is 2.76. The van der Waals surface area contributed by atoms with E-state index in [2.05, 4.69) is 15.3 Å². The highest BCUT2D eigenvalue weighted by Crippen LogP contribution is 2.08. The number of ether oxygens (including phenoxy) is 2. The van der Waals surface area contributed by atoms with Crippen LogP contribution in [0.2, 0.25) is 0 Å². The second-order valence-corrected chi connectivity index (χ2v) is 3.88. The zero-order valence-electron chi connectivity index (χ0n) is 12.1. The molecule has 8 heteroatoms. The van der Waals surface area contributed by atoms with Gasteiger partial charge >= 0.3 is 11.9 Å². The van der Waals surface area contributed by atoms with Gasteiger partial charge in [0.25, 0.3) is 0 Å². The van der Waals surface area contributed by atoms with Crippen LogP contribution in [0.25, 0.3) is 10.4 Å². The maximum Gasteiger partial charge on any atom is 0.347 e. The van der Waals surface area contributed by atoms with Gasteiger partial charge in [-0.25, -0.2) is 9.59 Å². The number of esters is 2. The second-order valence-electron chi connectivity index (χ2n) is 3.88. The molecule has 0 aliphatic carbocycles. The fourth-order valence-electron chi connectivity index (χ4n) is 1.40. The number of benzene rings is 1. The molecule has 116 valence electrons. The number of para-hydroxylation sites is 1. The van der Waals surface area contributed by atoms with Crippen molar-refractivity contribution in [3.63, 3.8) is 0 Å². The first kappa shape index (κ1) is 17.1. The van der Waals surface area contributed by atoms with E-state index < -0.39 is 11.9 Å². The van der Waals surface area contributed by atoms with Crippen molar-refractivity contribution in [1.82, 2.24) is 0 Å². The minimum Gasteiger partial charge on any atom is -0.462 e. The summed E-state index contributed by atoms with van der Waals surface area (Å²) < 4.78 is 9.66. The lowest BCUT2D eigenvalue weighted by Crippen LogP contribution is -2.20. The summed E-state index contributed by atoms with van der Waals surface area (Å²) in [6, 6.07) is 8.99. The third-order valence-corrected chi connectivity index (χ3v) is 2.36. The first-order valence-electron chi connectivity index (χ1n) is 6.56. The zero-order chi connectivity index (χ0) is 16.2. The predicted molar refractivity (Wildman–Crippen MR) is 79.8 cm³/mol. The van der Waals surface area contributed by atoms with Gasteiger partial charge in [0.15, 0.2) is 5.57 Å². The summed E-state index contributed by atoms with van der Waals surface area (Å²) in [5, 5.41) is 6.05. The Morgan fingerprint density at radius 1 is 1.27 bits per heavy atom. The fraction of sp³-hybridized carbons (Fsp3) is 0.286. The van der Waals surface area contributed by atoms with Crippen molar-refractivity contribution in [2.45, 2.75) is 6.92 Å². The highest BCUT2D eigenvalue weighted by atomic mass is 16.6. The summed E-state index contributed by atoms with van der Waals surface area (Å²) in [7, 11) is 0. The summed E-state index contributed by atoms with van der Waals surface area (Å²) in [5.74, 6) is -1.64. The molecule has 22 heavy (non-hydrogen) atoms. The van der Waals surface area contributed by atoms with Crippen LogP contribution in [0, 0.1) is 0 Å². The molecule has 0 spiro atoms. The van der Waals surface area contributed by atoms with E-state index in [9.17, 15) is 9.59 Å². The number of hydrogen-bond acceptors (Lipinski definition) is 6. The summed E-state index contributed by atoms with van der Waals surface area (Å²) in [4.78, 5) is 26.2.